The molecule has 148 valence electrons. The van der Waals surface area contributed by atoms with Gasteiger partial charge < -0.3 is 9.47 Å². The van der Waals surface area contributed by atoms with Crippen molar-refractivity contribution in [3.8, 4) is 5.82 Å². The highest BCUT2D eigenvalue weighted by atomic mass is 32.2. The molecule has 0 bridgehead atoms. The van der Waals surface area contributed by atoms with Crippen LogP contribution in [0.5, 0.6) is 0 Å². The van der Waals surface area contributed by atoms with Crippen LogP contribution < -0.4 is 0 Å². The molecule has 2 aliphatic rings. The second-order valence-corrected chi connectivity index (χ2v) is 9.35. The molecule has 0 unspecified atom stereocenters. The molecule has 1 fully saturated rings. The Morgan fingerprint density at radius 1 is 1.03 bits per heavy atom. The first kappa shape index (κ1) is 18.4. The lowest BCUT2D eigenvalue weighted by Crippen LogP contribution is -2.29. The van der Waals surface area contributed by atoms with Gasteiger partial charge in [-0.2, -0.15) is 0 Å². The minimum atomic E-state index is 0.0185. The first-order valence-corrected chi connectivity index (χ1v) is 11.0. The summed E-state index contributed by atoms with van der Waals surface area (Å²) in [6.45, 7) is 9.78. The number of aryl methyl sites for hydroxylation is 2. The minimum Gasteiger partial charge on any atom is -0.341 e. The Balaban J connectivity index is 1.64. The van der Waals surface area contributed by atoms with E-state index in [4.69, 9.17) is 4.99 Å². The van der Waals surface area contributed by atoms with Gasteiger partial charge in [0.1, 0.15) is 11.9 Å². The topological polar surface area (TPSA) is 46.3 Å². The van der Waals surface area contributed by atoms with E-state index in [1.54, 1.807) is 0 Å². The Kier molecular flexibility index (Phi) is 4.46. The van der Waals surface area contributed by atoms with Crippen molar-refractivity contribution in [1.29, 1.82) is 0 Å². The van der Waals surface area contributed by atoms with Crippen molar-refractivity contribution in [2.45, 2.75) is 45.0 Å². The van der Waals surface area contributed by atoms with Crippen LogP contribution in [-0.4, -0.2) is 36.4 Å². The van der Waals surface area contributed by atoms with Crippen LogP contribution in [0.4, 0.5) is 0 Å². The number of fused-ring (bicyclic) bond motifs is 1. The number of hydrogen-bond acceptors (Lipinski definition) is 5. The predicted octanol–water partition coefficient (Wildman–Crippen LogP) is 4.78. The average Bonchev–Trinajstić information content (AvgIpc) is 3.33. The van der Waals surface area contributed by atoms with Crippen molar-refractivity contribution in [3.63, 3.8) is 0 Å². The van der Waals surface area contributed by atoms with Crippen molar-refractivity contribution in [3.05, 3.63) is 77.0 Å². The molecular weight excluding hydrogens is 378 g/mol. The highest BCUT2D eigenvalue weighted by molar-refractivity contribution is 8.14. The molecule has 5 heterocycles. The van der Waals surface area contributed by atoms with Crippen LogP contribution in [0, 0.1) is 20.8 Å². The Labute approximate surface area is 175 Å². The number of aromatic nitrogens is 3. The first-order chi connectivity index (χ1) is 14.0. The lowest BCUT2D eigenvalue weighted by atomic mass is 9.96. The standard InChI is InChI=1S/C23H25N5S/c1-14-8-7-11-25-22(14)28-15(2)12-18(17(28)4)21-20(19-9-5-6-10-24-19)26-23-27(21)13-16(3)29-23/h5-12,16,20-21H,13H2,1-4H3/t16-,20-,21-/m1/s1. The van der Waals surface area contributed by atoms with Gasteiger partial charge in [0.25, 0.3) is 0 Å². The fraction of sp³-hybridized carbons (Fsp3) is 0.348. The van der Waals surface area contributed by atoms with Crippen molar-refractivity contribution < 1.29 is 0 Å². The molecule has 5 rings (SSSR count). The number of pyridine rings is 2. The van der Waals surface area contributed by atoms with Crippen LogP contribution in [-0.2, 0) is 0 Å². The summed E-state index contributed by atoms with van der Waals surface area (Å²) < 4.78 is 2.28. The van der Waals surface area contributed by atoms with Crippen LogP contribution >= 0.6 is 11.8 Å². The summed E-state index contributed by atoms with van der Waals surface area (Å²) in [7, 11) is 0. The normalized spacial score (nSPS) is 23.4. The zero-order chi connectivity index (χ0) is 20.1. The lowest BCUT2D eigenvalue weighted by Gasteiger charge is -2.27. The fourth-order valence-electron chi connectivity index (χ4n) is 4.58. The van der Waals surface area contributed by atoms with Crippen molar-refractivity contribution >= 4 is 16.9 Å². The van der Waals surface area contributed by atoms with Crippen LogP contribution in [0.15, 0.2) is 53.8 Å². The molecular formula is C23H25N5S. The SMILES string of the molecule is Cc1cccnc1-n1c(C)cc([C@@H]2[C@@H](c3ccccn3)N=C3S[C@H](C)CN32)c1C. The zero-order valence-electron chi connectivity index (χ0n) is 17.2. The van der Waals surface area contributed by atoms with Gasteiger partial charge in [0, 0.05) is 35.6 Å². The van der Waals surface area contributed by atoms with Gasteiger partial charge in [0.05, 0.1) is 11.7 Å². The Morgan fingerprint density at radius 3 is 2.62 bits per heavy atom. The number of aliphatic imine (C=N–C) groups is 1. The van der Waals surface area contributed by atoms with E-state index in [-0.39, 0.29) is 12.1 Å². The van der Waals surface area contributed by atoms with E-state index in [1.807, 2.05) is 36.3 Å². The molecule has 2 aliphatic heterocycles. The molecule has 0 spiro atoms. The largest absolute Gasteiger partial charge is 0.341 e. The quantitative estimate of drug-likeness (QED) is 0.631. The van der Waals surface area contributed by atoms with E-state index in [2.05, 4.69) is 71.4 Å². The lowest BCUT2D eigenvalue weighted by molar-refractivity contribution is 0.320. The number of hydrogen-bond donors (Lipinski definition) is 0. The summed E-state index contributed by atoms with van der Waals surface area (Å²) in [6, 6.07) is 12.7. The Bertz CT molecular complexity index is 1090. The molecule has 6 heteroatoms. The van der Waals surface area contributed by atoms with Gasteiger partial charge in [-0.3, -0.25) is 9.98 Å². The summed E-state index contributed by atoms with van der Waals surface area (Å²) in [6.07, 6.45) is 3.74. The maximum Gasteiger partial charge on any atom is 0.160 e. The molecule has 3 aromatic rings. The van der Waals surface area contributed by atoms with Crippen molar-refractivity contribution in [2.75, 3.05) is 6.54 Å². The maximum absolute atomic E-state index is 5.12. The number of thioether (sulfide) groups is 1. The third kappa shape index (κ3) is 2.97. The number of rotatable bonds is 3. The van der Waals surface area contributed by atoms with Crippen LogP contribution in [0.1, 0.15) is 47.2 Å². The second-order valence-electron chi connectivity index (χ2n) is 7.94. The third-order valence-electron chi connectivity index (χ3n) is 5.86. The van der Waals surface area contributed by atoms with E-state index in [0.717, 1.165) is 23.2 Å². The van der Waals surface area contributed by atoms with E-state index < -0.39 is 0 Å². The first-order valence-electron chi connectivity index (χ1n) is 10.1. The summed E-state index contributed by atoms with van der Waals surface area (Å²) in [4.78, 5) is 16.9. The van der Waals surface area contributed by atoms with Gasteiger partial charge in [-0.15, -0.1) is 0 Å². The molecule has 1 saturated heterocycles. The highest BCUT2D eigenvalue weighted by Gasteiger charge is 2.44. The third-order valence-corrected chi connectivity index (χ3v) is 6.97. The Morgan fingerprint density at radius 2 is 1.86 bits per heavy atom. The fourth-order valence-corrected chi connectivity index (χ4v) is 5.67. The number of nitrogens with zero attached hydrogens (tertiary/aromatic N) is 5. The van der Waals surface area contributed by atoms with Crippen LogP contribution in [0.3, 0.4) is 0 Å². The molecule has 3 atom stereocenters. The summed E-state index contributed by atoms with van der Waals surface area (Å²) >= 11 is 1.88. The van der Waals surface area contributed by atoms with E-state index >= 15 is 0 Å². The van der Waals surface area contributed by atoms with Gasteiger partial charge in [0.15, 0.2) is 5.17 Å². The molecule has 29 heavy (non-hydrogen) atoms. The van der Waals surface area contributed by atoms with E-state index in [9.17, 15) is 0 Å². The molecule has 0 amide bonds. The molecule has 5 nitrogen and oxygen atoms in total. The molecule has 0 aliphatic carbocycles. The zero-order valence-corrected chi connectivity index (χ0v) is 18.0. The summed E-state index contributed by atoms with van der Waals surface area (Å²) in [5.74, 6) is 1.01. The van der Waals surface area contributed by atoms with E-state index in [1.165, 1.54) is 22.5 Å². The minimum absolute atomic E-state index is 0.0185. The molecule has 3 aromatic heterocycles. The van der Waals surface area contributed by atoms with Gasteiger partial charge in [0.2, 0.25) is 0 Å². The molecule has 0 N–H and O–H groups in total. The monoisotopic (exact) mass is 403 g/mol. The number of amidine groups is 1. The highest BCUT2D eigenvalue weighted by Crippen LogP contribution is 2.48. The maximum atomic E-state index is 5.12. The smallest absolute Gasteiger partial charge is 0.160 e. The van der Waals surface area contributed by atoms with Gasteiger partial charge >= 0.3 is 0 Å². The van der Waals surface area contributed by atoms with Gasteiger partial charge in [-0.1, -0.05) is 30.8 Å². The molecule has 0 aromatic carbocycles. The average molecular weight is 404 g/mol. The van der Waals surface area contributed by atoms with Crippen molar-refractivity contribution in [2.24, 2.45) is 4.99 Å². The molecule has 0 radical (unpaired) electrons. The molecule has 0 saturated carbocycles. The van der Waals surface area contributed by atoms with Crippen molar-refractivity contribution in [1.82, 2.24) is 19.4 Å². The Hall–Kier alpha value is -2.60. The summed E-state index contributed by atoms with van der Waals surface area (Å²) in [5.41, 5.74) is 5.96. The van der Waals surface area contributed by atoms with Gasteiger partial charge in [-0.05, 0) is 56.2 Å². The van der Waals surface area contributed by atoms with Crippen LogP contribution in [0.25, 0.3) is 5.82 Å². The second kappa shape index (κ2) is 7.02. The predicted molar refractivity (Wildman–Crippen MR) is 119 cm³/mol. The summed E-state index contributed by atoms with van der Waals surface area (Å²) in [5, 5.41) is 1.71. The van der Waals surface area contributed by atoms with E-state index in [0.29, 0.717) is 5.25 Å². The van der Waals surface area contributed by atoms with Gasteiger partial charge in [-0.25, -0.2) is 4.98 Å². The van der Waals surface area contributed by atoms with Crippen LogP contribution in [0.2, 0.25) is 0 Å².